The second-order valence-corrected chi connectivity index (χ2v) is 11.9. The highest BCUT2D eigenvalue weighted by molar-refractivity contribution is 5.99. The maximum absolute atomic E-state index is 12.9. The fourth-order valence-corrected chi connectivity index (χ4v) is 6.23. The van der Waals surface area contributed by atoms with Crippen LogP contribution >= 0.6 is 0 Å². The molecule has 0 spiro atoms. The number of aldehydes is 1. The Bertz CT molecular complexity index is 1340. The number of carbonyl (C=O) groups excluding carboxylic acids is 2. The predicted octanol–water partition coefficient (Wildman–Crippen LogP) is 8.11. The third kappa shape index (κ3) is 9.56. The zero-order chi connectivity index (χ0) is 31.9. The first-order valence-corrected chi connectivity index (χ1v) is 16.6. The van der Waals surface area contributed by atoms with Gasteiger partial charge in [0.15, 0.2) is 0 Å². The van der Waals surface area contributed by atoms with Crippen LogP contribution in [0.15, 0.2) is 54.7 Å². The van der Waals surface area contributed by atoms with Gasteiger partial charge in [0.1, 0.15) is 12.0 Å². The van der Waals surface area contributed by atoms with Crippen LogP contribution in [-0.4, -0.2) is 66.8 Å². The maximum atomic E-state index is 12.9. The van der Waals surface area contributed by atoms with Gasteiger partial charge >= 0.3 is 0 Å². The van der Waals surface area contributed by atoms with Crippen molar-refractivity contribution < 1.29 is 14.3 Å². The van der Waals surface area contributed by atoms with E-state index in [0.29, 0.717) is 6.04 Å². The van der Waals surface area contributed by atoms with E-state index < -0.39 is 0 Å². The van der Waals surface area contributed by atoms with Gasteiger partial charge in [-0.05, 0) is 81.1 Å². The zero-order valence-corrected chi connectivity index (χ0v) is 27.7. The lowest BCUT2D eigenvalue weighted by atomic mass is 9.79. The van der Waals surface area contributed by atoms with Crippen LogP contribution in [0.5, 0.6) is 5.75 Å². The Morgan fingerprint density at radius 2 is 1.75 bits per heavy atom. The summed E-state index contributed by atoms with van der Waals surface area (Å²) in [6.07, 6.45) is 16.2. The Labute approximate surface area is 265 Å². The Hall–Kier alpha value is -3.38. The Morgan fingerprint density at radius 1 is 1.05 bits per heavy atom. The number of unbranched alkanes of at least 4 members (excludes halogenated alkanes) is 7. The van der Waals surface area contributed by atoms with Gasteiger partial charge in [-0.25, -0.2) is 0 Å². The maximum Gasteiger partial charge on any atom is 0.230 e. The highest BCUT2D eigenvalue weighted by Gasteiger charge is 2.36. The van der Waals surface area contributed by atoms with Gasteiger partial charge in [0.25, 0.3) is 0 Å². The van der Waals surface area contributed by atoms with E-state index in [0.717, 1.165) is 56.5 Å². The summed E-state index contributed by atoms with van der Waals surface area (Å²) in [5.41, 5.74) is 6.19. The number of fused-ring (bicyclic) bond motifs is 2. The molecular weight excluding hydrogens is 546 g/mol. The first kappa shape index (κ1) is 35.1. The van der Waals surface area contributed by atoms with Crippen molar-refractivity contribution in [1.29, 1.82) is 0 Å². The summed E-state index contributed by atoms with van der Waals surface area (Å²) in [5, 5.41) is 1.34. The quantitative estimate of drug-likeness (QED) is 0.168. The molecular formula is C38H54N3O3. The van der Waals surface area contributed by atoms with E-state index in [1.54, 1.807) is 7.11 Å². The largest absolute Gasteiger partial charge is 0.497 e. The monoisotopic (exact) mass is 600 g/mol. The second-order valence-electron chi connectivity index (χ2n) is 11.9. The number of aromatic amines is 1. The molecule has 239 valence electrons. The van der Waals surface area contributed by atoms with Crippen molar-refractivity contribution in [2.24, 2.45) is 5.92 Å². The smallest absolute Gasteiger partial charge is 0.230 e. The van der Waals surface area contributed by atoms with Crippen LogP contribution in [-0.2, 0) is 16.0 Å². The molecule has 1 amide bonds. The number of hydrogen-bond acceptors (Lipinski definition) is 4. The molecule has 2 heterocycles. The molecule has 1 N–H and O–H groups in total. The molecule has 1 radical (unpaired) electrons. The van der Waals surface area contributed by atoms with Crippen LogP contribution < -0.4 is 4.74 Å². The molecule has 5 rings (SSSR count). The normalized spacial score (nSPS) is 16.9. The molecule has 0 unspecified atom stereocenters. The molecule has 2 atom stereocenters. The van der Waals surface area contributed by atoms with Gasteiger partial charge in [-0.3, -0.25) is 9.69 Å². The van der Waals surface area contributed by atoms with Crippen LogP contribution in [0.25, 0.3) is 16.5 Å². The van der Waals surface area contributed by atoms with Gasteiger partial charge in [-0.15, -0.1) is 0 Å². The fourth-order valence-electron chi connectivity index (χ4n) is 6.23. The summed E-state index contributed by atoms with van der Waals surface area (Å²) in [6.45, 7) is 12.4. The minimum absolute atomic E-state index is 0.0445. The second kappa shape index (κ2) is 18.4. The number of methoxy groups -OCH3 is 1. The number of aromatic nitrogens is 1. The molecule has 2 aromatic carbocycles. The van der Waals surface area contributed by atoms with Gasteiger partial charge in [0.05, 0.1) is 13.0 Å². The van der Waals surface area contributed by atoms with E-state index in [1.165, 1.54) is 66.1 Å². The van der Waals surface area contributed by atoms with E-state index in [2.05, 4.69) is 75.1 Å². The van der Waals surface area contributed by atoms with Crippen molar-refractivity contribution in [2.75, 3.05) is 33.8 Å². The van der Waals surface area contributed by atoms with Crippen molar-refractivity contribution in [3.63, 3.8) is 0 Å². The Balaban J connectivity index is 0.000000220. The summed E-state index contributed by atoms with van der Waals surface area (Å²) >= 11 is 0. The number of H-pyrrole nitrogens is 1. The number of carbonyl (C=O) groups is 2. The lowest BCUT2D eigenvalue weighted by Gasteiger charge is -2.40. The first-order chi connectivity index (χ1) is 21.4. The number of nitrogens with one attached hydrogen (secondary N) is 1. The van der Waals surface area contributed by atoms with Crippen molar-refractivity contribution in [3.05, 3.63) is 78.4 Å². The molecule has 1 aliphatic heterocycles. The number of amides is 1. The van der Waals surface area contributed by atoms with E-state index in [9.17, 15) is 9.59 Å². The molecule has 3 aromatic rings. The SMILES string of the molecule is CCCCCCCCCC=O.CCN(CC)C(=O)[C@@H]1C=C2c3cccc4[nH]cc(c34)C[C@H]2N(C)C1.[CH2]c1cccc(OC)c1. The van der Waals surface area contributed by atoms with E-state index in [4.69, 9.17) is 4.74 Å². The number of hydrogen-bond donors (Lipinski definition) is 1. The van der Waals surface area contributed by atoms with E-state index >= 15 is 0 Å². The molecule has 2 aliphatic rings. The van der Waals surface area contributed by atoms with Crippen molar-refractivity contribution in [1.82, 2.24) is 14.8 Å². The molecule has 6 nitrogen and oxygen atoms in total. The van der Waals surface area contributed by atoms with Crippen molar-refractivity contribution >= 4 is 28.7 Å². The van der Waals surface area contributed by atoms with Crippen LogP contribution in [0.3, 0.4) is 0 Å². The number of ether oxygens (including phenoxy) is 1. The highest BCUT2D eigenvalue weighted by Crippen LogP contribution is 2.41. The van der Waals surface area contributed by atoms with Gasteiger partial charge < -0.3 is 19.4 Å². The van der Waals surface area contributed by atoms with Gasteiger partial charge in [-0.1, -0.05) is 75.8 Å². The van der Waals surface area contributed by atoms with Crippen LogP contribution in [0.4, 0.5) is 0 Å². The standard InChI is InChI=1S/C20H25N3O.C10H20O.C8H9O/c1-4-23(5-2)20(24)14-9-16-15-7-6-8-17-19(15)13(11-21-17)10-18(16)22(3)12-14;1-2-3-4-5-6-7-8-9-10-11;1-7-4-3-5-8(6-7)9-2/h6-9,11,14,18,21H,4-5,10,12H2,1-3H3;10H,2-9H2,1H3;3-6H,1H2,2H3/t14-,18-;;/m1../s1. The topological polar surface area (TPSA) is 65.6 Å². The van der Waals surface area contributed by atoms with Crippen LogP contribution in [0.1, 0.15) is 88.8 Å². The lowest BCUT2D eigenvalue weighted by molar-refractivity contribution is -0.134. The minimum atomic E-state index is -0.0445. The summed E-state index contributed by atoms with van der Waals surface area (Å²) in [7, 11) is 3.80. The molecule has 0 bridgehead atoms. The number of likely N-dealkylation sites (N-methyl/N-ethyl adjacent to an activating group) is 1. The predicted molar refractivity (Wildman–Crippen MR) is 184 cm³/mol. The average Bonchev–Trinajstić information content (AvgIpc) is 3.46. The lowest BCUT2D eigenvalue weighted by Crippen LogP contribution is -2.47. The minimum Gasteiger partial charge on any atom is -0.497 e. The molecule has 1 aromatic heterocycles. The Morgan fingerprint density at radius 3 is 2.39 bits per heavy atom. The third-order valence-electron chi connectivity index (χ3n) is 8.72. The highest BCUT2D eigenvalue weighted by atomic mass is 16.5. The first-order valence-electron chi connectivity index (χ1n) is 16.6. The molecule has 1 aliphatic carbocycles. The summed E-state index contributed by atoms with van der Waals surface area (Å²) in [4.78, 5) is 30.5. The summed E-state index contributed by atoms with van der Waals surface area (Å²) in [5.74, 6) is 1.07. The number of rotatable bonds is 12. The Kier molecular flexibility index (Phi) is 14.7. The number of nitrogens with zero attached hydrogens (tertiary/aromatic N) is 2. The molecule has 0 saturated carbocycles. The van der Waals surface area contributed by atoms with Gasteiger partial charge in [-0.2, -0.15) is 0 Å². The molecule has 0 fully saturated rings. The van der Waals surface area contributed by atoms with Gasteiger partial charge in [0, 0.05) is 49.2 Å². The molecule has 6 heteroatoms. The molecule has 44 heavy (non-hydrogen) atoms. The fraction of sp³-hybridized carbons (Fsp3) is 0.500. The summed E-state index contributed by atoms with van der Waals surface area (Å²) in [6, 6.07) is 14.5. The van der Waals surface area contributed by atoms with E-state index in [1.807, 2.05) is 29.2 Å². The van der Waals surface area contributed by atoms with Gasteiger partial charge in [0.2, 0.25) is 5.91 Å². The summed E-state index contributed by atoms with van der Waals surface area (Å²) < 4.78 is 4.96. The third-order valence-corrected chi connectivity index (χ3v) is 8.72. The van der Waals surface area contributed by atoms with Crippen LogP contribution in [0, 0.1) is 12.8 Å². The number of benzene rings is 2. The van der Waals surface area contributed by atoms with Crippen molar-refractivity contribution in [2.45, 2.75) is 84.6 Å². The van der Waals surface area contributed by atoms with Crippen molar-refractivity contribution in [3.8, 4) is 5.75 Å². The van der Waals surface area contributed by atoms with Crippen LogP contribution in [0.2, 0.25) is 0 Å². The zero-order valence-electron chi connectivity index (χ0n) is 27.7. The molecule has 0 saturated heterocycles. The average molecular weight is 601 g/mol. The van der Waals surface area contributed by atoms with E-state index in [-0.39, 0.29) is 11.8 Å².